The number of nitrogens with zero attached hydrogens (tertiary/aromatic N) is 2. The highest BCUT2D eigenvalue weighted by atomic mass is 16.5. The van der Waals surface area contributed by atoms with Crippen LogP contribution in [0.15, 0.2) is 11.2 Å². The molecule has 1 heterocycles. The van der Waals surface area contributed by atoms with Gasteiger partial charge in [0.1, 0.15) is 5.75 Å². The third kappa shape index (κ3) is 3.65. The Hall–Kier alpha value is -1.78. The van der Waals surface area contributed by atoms with Crippen molar-refractivity contribution in [3.8, 4) is 5.75 Å². The van der Waals surface area contributed by atoms with E-state index in [0.29, 0.717) is 11.3 Å². The molecule has 1 aliphatic rings. The monoisotopic (exact) mass is 291 g/mol. The van der Waals surface area contributed by atoms with Crippen molar-refractivity contribution in [2.24, 2.45) is 16.8 Å². The van der Waals surface area contributed by atoms with Crippen molar-refractivity contribution in [3.05, 3.63) is 23.0 Å². The molecule has 0 radical (unpaired) electrons. The Morgan fingerprint density at radius 2 is 2.24 bits per heavy atom. The molecule has 1 aliphatic carbocycles. The quantitative estimate of drug-likeness (QED) is 0.386. The third-order valence-electron chi connectivity index (χ3n) is 4.26. The fraction of sp³-hybridized carbons (Fsp3) is 0.625. The molecule has 0 saturated heterocycles. The number of pyridine rings is 1. The predicted octanol–water partition coefficient (Wildman–Crippen LogP) is 3.14. The molecule has 0 aromatic carbocycles. The Morgan fingerprint density at radius 1 is 1.48 bits per heavy atom. The van der Waals surface area contributed by atoms with Crippen LogP contribution in [0.3, 0.4) is 0 Å². The Bertz CT molecular complexity index is 528. The van der Waals surface area contributed by atoms with E-state index >= 15 is 0 Å². The number of rotatable bonds is 4. The smallest absolute Gasteiger partial charge is 0.175 e. The van der Waals surface area contributed by atoms with Crippen LogP contribution in [0.25, 0.3) is 0 Å². The van der Waals surface area contributed by atoms with Crippen molar-refractivity contribution in [1.29, 1.82) is 0 Å². The molecule has 1 saturated carbocycles. The van der Waals surface area contributed by atoms with E-state index in [1.165, 1.54) is 19.3 Å². The lowest BCUT2D eigenvalue weighted by Gasteiger charge is -2.29. The number of amidine groups is 1. The molecule has 0 spiro atoms. The van der Waals surface area contributed by atoms with Crippen LogP contribution < -0.4 is 10.5 Å². The SMILES string of the molecule is CCC1CCCC(Oc2cc(C)nc(C)c2/C(N)=N/O)C1. The van der Waals surface area contributed by atoms with E-state index < -0.39 is 0 Å². The zero-order valence-electron chi connectivity index (χ0n) is 13.1. The number of oxime groups is 1. The molecule has 1 aromatic rings. The van der Waals surface area contributed by atoms with Crippen LogP contribution in [0.2, 0.25) is 0 Å². The minimum Gasteiger partial charge on any atom is -0.490 e. The second kappa shape index (κ2) is 6.78. The minimum absolute atomic E-state index is 0.0536. The van der Waals surface area contributed by atoms with Crippen LogP contribution in [0.4, 0.5) is 0 Å². The first-order valence-corrected chi connectivity index (χ1v) is 7.68. The molecule has 1 fully saturated rings. The summed E-state index contributed by atoms with van der Waals surface area (Å²) >= 11 is 0. The fourth-order valence-electron chi connectivity index (χ4n) is 3.15. The average molecular weight is 291 g/mol. The number of hydrogen-bond acceptors (Lipinski definition) is 4. The van der Waals surface area contributed by atoms with Crippen molar-refractivity contribution in [2.45, 2.75) is 59.0 Å². The number of aromatic nitrogens is 1. The van der Waals surface area contributed by atoms with E-state index in [1.807, 2.05) is 19.9 Å². The van der Waals surface area contributed by atoms with Crippen LogP contribution in [0.5, 0.6) is 5.75 Å². The molecule has 5 nitrogen and oxygen atoms in total. The van der Waals surface area contributed by atoms with Crippen LogP contribution in [-0.2, 0) is 0 Å². The van der Waals surface area contributed by atoms with E-state index in [1.54, 1.807) is 0 Å². The molecular weight excluding hydrogens is 266 g/mol. The van der Waals surface area contributed by atoms with Gasteiger partial charge in [0.15, 0.2) is 5.84 Å². The van der Waals surface area contributed by atoms with Crippen LogP contribution in [0.1, 0.15) is 56.0 Å². The summed E-state index contributed by atoms with van der Waals surface area (Å²) in [6.07, 6.45) is 6.03. The van der Waals surface area contributed by atoms with E-state index in [2.05, 4.69) is 17.1 Å². The molecular formula is C16H25N3O2. The molecule has 3 N–H and O–H groups in total. The van der Waals surface area contributed by atoms with Crippen molar-refractivity contribution in [1.82, 2.24) is 4.98 Å². The summed E-state index contributed by atoms with van der Waals surface area (Å²) < 4.78 is 6.19. The fourth-order valence-corrected chi connectivity index (χ4v) is 3.15. The topological polar surface area (TPSA) is 80.7 Å². The summed E-state index contributed by atoms with van der Waals surface area (Å²) in [7, 11) is 0. The van der Waals surface area contributed by atoms with Crippen LogP contribution in [-0.4, -0.2) is 22.1 Å². The van der Waals surface area contributed by atoms with Crippen LogP contribution in [0, 0.1) is 19.8 Å². The highest BCUT2D eigenvalue weighted by molar-refractivity contribution is 6.00. The Kier molecular flexibility index (Phi) is 5.04. The van der Waals surface area contributed by atoms with E-state index in [-0.39, 0.29) is 11.9 Å². The molecule has 0 bridgehead atoms. The first-order chi connectivity index (χ1) is 10.0. The summed E-state index contributed by atoms with van der Waals surface area (Å²) in [5.74, 6) is 1.47. The molecule has 21 heavy (non-hydrogen) atoms. The van der Waals surface area contributed by atoms with E-state index in [4.69, 9.17) is 15.7 Å². The van der Waals surface area contributed by atoms with Crippen molar-refractivity contribution in [2.75, 3.05) is 0 Å². The van der Waals surface area contributed by atoms with Gasteiger partial charge in [0.2, 0.25) is 0 Å². The van der Waals surface area contributed by atoms with Gasteiger partial charge in [0.05, 0.1) is 17.4 Å². The molecule has 5 heteroatoms. The van der Waals surface area contributed by atoms with Gasteiger partial charge in [-0.05, 0) is 39.0 Å². The molecule has 116 valence electrons. The van der Waals surface area contributed by atoms with E-state index in [0.717, 1.165) is 30.1 Å². The summed E-state index contributed by atoms with van der Waals surface area (Å²) in [4.78, 5) is 4.38. The van der Waals surface area contributed by atoms with Crippen molar-refractivity contribution < 1.29 is 9.94 Å². The third-order valence-corrected chi connectivity index (χ3v) is 4.26. The lowest BCUT2D eigenvalue weighted by atomic mass is 9.85. The zero-order valence-corrected chi connectivity index (χ0v) is 13.1. The summed E-state index contributed by atoms with van der Waals surface area (Å²) in [5, 5.41) is 12.1. The molecule has 2 atom stereocenters. The number of hydrogen-bond donors (Lipinski definition) is 2. The molecule has 2 unspecified atom stereocenters. The summed E-state index contributed by atoms with van der Waals surface area (Å²) in [5.41, 5.74) is 7.98. The molecule has 0 amide bonds. The van der Waals surface area contributed by atoms with Gasteiger partial charge in [-0.15, -0.1) is 0 Å². The van der Waals surface area contributed by atoms with Crippen molar-refractivity contribution in [3.63, 3.8) is 0 Å². The molecule has 1 aromatic heterocycles. The van der Waals surface area contributed by atoms with Gasteiger partial charge in [0.25, 0.3) is 0 Å². The second-order valence-corrected chi connectivity index (χ2v) is 5.89. The van der Waals surface area contributed by atoms with Crippen molar-refractivity contribution >= 4 is 5.84 Å². The Balaban J connectivity index is 2.26. The molecule has 2 rings (SSSR count). The highest BCUT2D eigenvalue weighted by Crippen LogP contribution is 2.31. The number of nitrogens with two attached hydrogens (primary N) is 1. The summed E-state index contributed by atoms with van der Waals surface area (Å²) in [6, 6.07) is 1.87. The van der Waals surface area contributed by atoms with Gasteiger partial charge in [-0.3, -0.25) is 4.98 Å². The van der Waals surface area contributed by atoms with Gasteiger partial charge in [-0.1, -0.05) is 24.9 Å². The summed E-state index contributed by atoms with van der Waals surface area (Å²) in [6.45, 7) is 6.00. The Morgan fingerprint density at radius 3 is 2.90 bits per heavy atom. The van der Waals surface area contributed by atoms with Gasteiger partial charge in [-0.2, -0.15) is 0 Å². The highest BCUT2D eigenvalue weighted by Gasteiger charge is 2.24. The van der Waals surface area contributed by atoms with Crippen LogP contribution >= 0.6 is 0 Å². The maximum Gasteiger partial charge on any atom is 0.175 e. The van der Waals surface area contributed by atoms with E-state index in [9.17, 15) is 0 Å². The largest absolute Gasteiger partial charge is 0.490 e. The zero-order chi connectivity index (χ0) is 15.4. The lowest BCUT2D eigenvalue weighted by molar-refractivity contribution is 0.121. The van der Waals surface area contributed by atoms with Gasteiger partial charge in [0, 0.05) is 11.8 Å². The van der Waals surface area contributed by atoms with Gasteiger partial charge in [-0.25, -0.2) is 0 Å². The first kappa shape index (κ1) is 15.6. The number of aryl methyl sites for hydroxylation is 2. The molecule has 0 aliphatic heterocycles. The Labute approximate surface area is 126 Å². The normalized spacial score (nSPS) is 23.1. The maximum atomic E-state index is 8.97. The standard InChI is InChI=1S/C16H25N3O2/c1-4-12-6-5-7-13(9-12)21-14-8-10(2)18-11(3)15(14)16(17)19-20/h8,12-13,20H,4-7,9H2,1-3H3,(H2,17,19). The average Bonchev–Trinajstić information content (AvgIpc) is 2.46. The minimum atomic E-state index is 0.0536. The predicted molar refractivity (Wildman–Crippen MR) is 82.9 cm³/mol. The first-order valence-electron chi connectivity index (χ1n) is 7.68. The lowest BCUT2D eigenvalue weighted by Crippen LogP contribution is -2.27. The second-order valence-electron chi connectivity index (χ2n) is 5.89. The maximum absolute atomic E-state index is 8.97. The number of ether oxygens (including phenoxy) is 1. The van der Waals surface area contributed by atoms with Gasteiger partial charge < -0.3 is 15.7 Å². The van der Waals surface area contributed by atoms with Gasteiger partial charge >= 0.3 is 0 Å².